The Kier molecular flexibility index (Phi) is 2.31. The van der Waals surface area contributed by atoms with Crippen LogP contribution in [0.5, 0.6) is 0 Å². The minimum Gasteiger partial charge on any atom is -0.481 e. The van der Waals surface area contributed by atoms with E-state index in [2.05, 4.69) is 4.98 Å². The monoisotopic (exact) mass is 227 g/mol. The number of hydrogen-bond donors (Lipinski definition) is 2. The van der Waals surface area contributed by atoms with Crippen molar-refractivity contribution in [3.8, 4) is 0 Å². The van der Waals surface area contributed by atoms with Crippen LogP contribution in [-0.4, -0.2) is 40.0 Å². The molecule has 15 heavy (non-hydrogen) atoms. The minimum absolute atomic E-state index is 0.250. The van der Waals surface area contributed by atoms with Gasteiger partial charge in [-0.3, -0.25) is 9.59 Å². The zero-order valence-electron chi connectivity index (χ0n) is 7.71. The van der Waals surface area contributed by atoms with Gasteiger partial charge in [0.25, 0.3) is 5.91 Å². The summed E-state index contributed by atoms with van der Waals surface area (Å²) in [4.78, 5) is 27.4. The lowest BCUT2D eigenvalue weighted by atomic mass is 10.0. The Hall–Kier alpha value is -1.63. The molecule has 80 valence electrons. The molecule has 1 aromatic rings. The molecule has 0 saturated carbocycles. The molecule has 1 saturated heterocycles. The molecule has 0 radical (unpaired) electrons. The van der Waals surface area contributed by atoms with Gasteiger partial charge in [-0.1, -0.05) is 0 Å². The van der Waals surface area contributed by atoms with Crippen LogP contribution in [0.4, 0.5) is 5.13 Å². The molecule has 2 heterocycles. The highest BCUT2D eigenvalue weighted by Gasteiger charge is 2.36. The van der Waals surface area contributed by atoms with E-state index < -0.39 is 11.9 Å². The molecular weight excluding hydrogens is 218 g/mol. The van der Waals surface area contributed by atoms with Crippen molar-refractivity contribution in [2.75, 3.05) is 18.8 Å². The quantitative estimate of drug-likeness (QED) is 0.734. The Morgan fingerprint density at radius 1 is 1.60 bits per heavy atom. The summed E-state index contributed by atoms with van der Waals surface area (Å²) in [6, 6.07) is 0. The fourth-order valence-electron chi connectivity index (χ4n) is 1.35. The molecule has 0 aliphatic carbocycles. The molecule has 0 unspecified atom stereocenters. The van der Waals surface area contributed by atoms with Crippen LogP contribution in [-0.2, 0) is 4.79 Å². The normalized spacial score (nSPS) is 16.1. The van der Waals surface area contributed by atoms with Crippen molar-refractivity contribution < 1.29 is 14.7 Å². The fourth-order valence-corrected chi connectivity index (χ4v) is 1.89. The maximum absolute atomic E-state index is 11.6. The van der Waals surface area contributed by atoms with Crippen LogP contribution in [0, 0.1) is 5.92 Å². The van der Waals surface area contributed by atoms with Crippen molar-refractivity contribution in [1.29, 1.82) is 0 Å². The van der Waals surface area contributed by atoms with Gasteiger partial charge in [0.05, 0.1) is 5.92 Å². The Labute approximate surface area is 89.3 Å². The van der Waals surface area contributed by atoms with Gasteiger partial charge in [-0.05, 0) is 0 Å². The Morgan fingerprint density at radius 2 is 2.27 bits per heavy atom. The first-order valence-corrected chi connectivity index (χ1v) is 5.19. The Bertz CT molecular complexity index is 411. The third-order valence-electron chi connectivity index (χ3n) is 2.26. The van der Waals surface area contributed by atoms with Crippen LogP contribution in [0.15, 0.2) is 5.38 Å². The number of aromatic nitrogens is 1. The number of rotatable bonds is 2. The second kappa shape index (κ2) is 3.50. The second-order valence-electron chi connectivity index (χ2n) is 3.32. The topological polar surface area (TPSA) is 96.5 Å². The van der Waals surface area contributed by atoms with Gasteiger partial charge in [-0.25, -0.2) is 4.98 Å². The molecule has 1 fully saturated rings. The van der Waals surface area contributed by atoms with Crippen molar-refractivity contribution >= 4 is 28.3 Å². The Balaban J connectivity index is 1.97. The van der Waals surface area contributed by atoms with Crippen LogP contribution in [0.1, 0.15) is 10.5 Å². The van der Waals surface area contributed by atoms with E-state index >= 15 is 0 Å². The lowest BCUT2D eigenvalue weighted by Gasteiger charge is -2.36. The van der Waals surface area contributed by atoms with Gasteiger partial charge in [0.15, 0.2) is 5.13 Å². The largest absolute Gasteiger partial charge is 0.481 e. The van der Waals surface area contributed by atoms with Gasteiger partial charge in [-0.2, -0.15) is 0 Å². The summed E-state index contributed by atoms with van der Waals surface area (Å²) in [5.74, 6) is -1.55. The van der Waals surface area contributed by atoms with Gasteiger partial charge < -0.3 is 15.7 Å². The third-order valence-corrected chi connectivity index (χ3v) is 2.93. The van der Waals surface area contributed by atoms with Crippen molar-refractivity contribution in [1.82, 2.24) is 9.88 Å². The van der Waals surface area contributed by atoms with Gasteiger partial charge in [0, 0.05) is 18.5 Å². The molecule has 2 rings (SSSR count). The molecular formula is C8H9N3O3S. The molecule has 1 aliphatic heterocycles. The van der Waals surface area contributed by atoms with Crippen LogP contribution < -0.4 is 5.73 Å². The highest BCUT2D eigenvalue weighted by molar-refractivity contribution is 7.13. The summed E-state index contributed by atoms with van der Waals surface area (Å²) >= 11 is 1.19. The first kappa shape index (κ1) is 9.91. The molecule has 0 bridgehead atoms. The van der Waals surface area contributed by atoms with Crippen molar-refractivity contribution in [3.63, 3.8) is 0 Å². The van der Waals surface area contributed by atoms with Crippen molar-refractivity contribution in [3.05, 3.63) is 11.1 Å². The maximum atomic E-state index is 11.6. The van der Waals surface area contributed by atoms with E-state index in [0.29, 0.717) is 10.8 Å². The summed E-state index contributed by atoms with van der Waals surface area (Å²) in [7, 11) is 0. The van der Waals surface area contributed by atoms with E-state index in [9.17, 15) is 9.59 Å². The highest BCUT2D eigenvalue weighted by Crippen LogP contribution is 2.20. The number of aliphatic carboxylic acids is 1. The lowest BCUT2D eigenvalue weighted by molar-refractivity contribution is -0.146. The van der Waals surface area contributed by atoms with Gasteiger partial charge >= 0.3 is 5.97 Å². The number of nitrogens with zero attached hydrogens (tertiary/aromatic N) is 2. The number of likely N-dealkylation sites (tertiary alicyclic amines) is 1. The highest BCUT2D eigenvalue weighted by atomic mass is 32.1. The average Bonchev–Trinajstić information content (AvgIpc) is 2.48. The third kappa shape index (κ3) is 1.78. The number of amides is 1. The molecule has 0 spiro atoms. The summed E-state index contributed by atoms with van der Waals surface area (Å²) in [5.41, 5.74) is 5.69. The average molecular weight is 227 g/mol. The number of nitrogen functional groups attached to an aromatic ring is 1. The second-order valence-corrected chi connectivity index (χ2v) is 4.21. The predicted molar refractivity (Wildman–Crippen MR) is 53.6 cm³/mol. The van der Waals surface area contributed by atoms with Crippen molar-refractivity contribution in [2.24, 2.45) is 5.92 Å². The number of carboxylic acids is 1. The van der Waals surface area contributed by atoms with Crippen molar-refractivity contribution in [2.45, 2.75) is 0 Å². The van der Waals surface area contributed by atoms with E-state index in [1.807, 2.05) is 0 Å². The van der Waals surface area contributed by atoms with E-state index in [-0.39, 0.29) is 19.0 Å². The van der Waals surface area contributed by atoms with E-state index in [1.165, 1.54) is 16.2 Å². The predicted octanol–water partition coefficient (Wildman–Crippen LogP) is -0.118. The Morgan fingerprint density at radius 3 is 2.73 bits per heavy atom. The number of hydrogen-bond acceptors (Lipinski definition) is 5. The number of anilines is 1. The summed E-state index contributed by atoms with van der Waals surface area (Å²) in [6.07, 6.45) is 0. The number of nitrogens with two attached hydrogens (primary N) is 1. The van der Waals surface area contributed by atoms with Gasteiger partial charge in [0.2, 0.25) is 0 Å². The summed E-state index contributed by atoms with van der Waals surface area (Å²) in [6.45, 7) is 0.511. The smallest absolute Gasteiger partial charge is 0.310 e. The first-order chi connectivity index (χ1) is 7.08. The van der Waals surface area contributed by atoms with E-state index in [1.54, 1.807) is 5.38 Å². The standard InChI is InChI=1S/C8H9N3O3S/c9-8-10-5(3-15-8)6(12)11-1-4(2-11)7(13)14/h3-4H,1-2H2,(H2,9,10)(H,13,14). The van der Waals surface area contributed by atoms with E-state index in [0.717, 1.165) is 0 Å². The number of carboxylic acid groups (broad SMARTS) is 1. The maximum Gasteiger partial charge on any atom is 0.310 e. The van der Waals surface area contributed by atoms with E-state index in [4.69, 9.17) is 10.8 Å². The number of carbonyl (C=O) groups excluding carboxylic acids is 1. The van der Waals surface area contributed by atoms with Gasteiger partial charge in [0.1, 0.15) is 5.69 Å². The molecule has 0 atom stereocenters. The summed E-state index contributed by atoms with van der Waals surface area (Å²) < 4.78 is 0. The fraction of sp³-hybridized carbons (Fsp3) is 0.375. The van der Waals surface area contributed by atoms with Crippen LogP contribution in [0.3, 0.4) is 0 Å². The molecule has 1 aromatic heterocycles. The summed E-state index contributed by atoms with van der Waals surface area (Å²) in [5, 5.41) is 10.6. The lowest BCUT2D eigenvalue weighted by Crippen LogP contribution is -2.53. The zero-order valence-corrected chi connectivity index (χ0v) is 8.53. The number of thiazole rings is 1. The minimum atomic E-state index is -0.864. The van der Waals surface area contributed by atoms with Gasteiger partial charge in [-0.15, -0.1) is 11.3 Å². The molecule has 1 aliphatic rings. The van der Waals surface area contributed by atoms with Crippen LogP contribution in [0.2, 0.25) is 0 Å². The first-order valence-electron chi connectivity index (χ1n) is 4.31. The number of carbonyl (C=O) groups is 2. The zero-order chi connectivity index (χ0) is 11.0. The molecule has 3 N–H and O–H groups in total. The SMILES string of the molecule is Nc1nc(C(=O)N2CC(C(=O)O)C2)cs1. The molecule has 1 amide bonds. The molecule has 0 aromatic carbocycles. The van der Waals surface area contributed by atoms with Crippen LogP contribution >= 0.6 is 11.3 Å². The molecule has 7 heteroatoms. The van der Waals surface area contributed by atoms with Crippen LogP contribution in [0.25, 0.3) is 0 Å². The molecule has 6 nitrogen and oxygen atoms in total.